The molecule has 0 heterocycles. The summed E-state index contributed by atoms with van der Waals surface area (Å²) in [4.78, 5) is 17.8. The number of hydroxylamine groups is 2. The number of carbonyl (C=O) groups is 1. The highest BCUT2D eigenvalue weighted by Gasteiger charge is 2.34. The summed E-state index contributed by atoms with van der Waals surface area (Å²) in [7, 11) is 3.23. The van der Waals surface area contributed by atoms with Crippen LogP contribution in [0.3, 0.4) is 0 Å². The summed E-state index contributed by atoms with van der Waals surface area (Å²) in [6.07, 6.45) is 8.45. The first-order chi connectivity index (χ1) is 11.5. The van der Waals surface area contributed by atoms with Crippen LogP contribution >= 0.6 is 0 Å². The van der Waals surface area contributed by atoms with Gasteiger partial charge in [-0.05, 0) is 51.0 Å². The van der Waals surface area contributed by atoms with E-state index in [1.165, 1.54) is 21.8 Å². The van der Waals surface area contributed by atoms with Crippen molar-refractivity contribution in [1.29, 1.82) is 0 Å². The number of hydrogen-bond acceptors (Lipinski definition) is 2. The molecule has 0 saturated carbocycles. The second-order valence-corrected chi connectivity index (χ2v) is 6.76. The fourth-order valence-corrected chi connectivity index (χ4v) is 3.36. The molecule has 2 atom stereocenters. The molecule has 1 aliphatic rings. The van der Waals surface area contributed by atoms with Gasteiger partial charge in [0.05, 0.1) is 13.0 Å². The van der Waals surface area contributed by atoms with Crippen molar-refractivity contribution in [3.63, 3.8) is 0 Å². The molecular weight excluding hydrogens is 298 g/mol. The van der Waals surface area contributed by atoms with Crippen LogP contribution < -0.4 is 0 Å². The van der Waals surface area contributed by atoms with Crippen LogP contribution in [0, 0.1) is 5.92 Å². The summed E-state index contributed by atoms with van der Waals surface area (Å²) in [5.41, 5.74) is 4.07. The van der Waals surface area contributed by atoms with Crippen molar-refractivity contribution in [2.24, 2.45) is 5.92 Å². The van der Waals surface area contributed by atoms with Crippen molar-refractivity contribution >= 4 is 5.91 Å². The molecular formula is C21H29NO2. The number of rotatable bonds is 6. The summed E-state index contributed by atoms with van der Waals surface area (Å²) in [6, 6.07) is 10.4. The minimum absolute atomic E-state index is 0.0513. The third kappa shape index (κ3) is 4.81. The minimum atomic E-state index is -0.0513. The quantitative estimate of drug-likeness (QED) is 0.551. The van der Waals surface area contributed by atoms with Crippen LogP contribution in [-0.2, 0) is 9.63 Å². The van der Waals surface area contributed by atoms with E-state index < -0.39 is 0 Å². The Bertz CT molecular complexity index is 600. The van der Waals surface area contributed by atoms with E-state index in [1.54, 1.807) is 14.2 Å². The van der Waals surface area contributed by atoms with Gasteiger partial charge in [0.15, 0.2) is 0 Å². The van der Waals surface area contributed by atoms with Gasteiger partial charge in [-0.1, -0.05) is 53.6 Å². The fraction of sp³-hybridized carbons (Fsp3) is 0.476. The van der Waals surface area contributed by atoms with E-state index in [0.717, 1.165) is 25.7 Å². The third-order valence-corrected chi connectivity index (χ3v) is 4.78. The van der Waals surface area contributed by atoms with Crippen LogP contribution in [-0.4, -0.2) is 25.1 Å². The Labute approximate surface area is 146 Å². The van der Waals surface area contributed by atoms with Gasteiger partial charge in [0.2, 0.25) is 5.91 Å². The third-order valence-electron chi connectivity index (χ3n) is 4.78. The van der Waals surface area contributed by atoms with E-state index in [9.17, 15) is 4.79 Å². The van der Waals surface area contributed by atoms with Crippen LogP contribution in [0.15, 0.2) is 53.6 Å². The van der Waals surface area contributed by atoms with E-state index >= 15 is 0 Å². The Morgan fingerprint density at radius 1 is 1.29 bits per heavy atom. The number of amides is 1. The van der Waals surface area contributed by atoms with Gasteiger partial charge >= 0.3 is 0 Å². The smallest absolute Gasteiger partial charge is 0.249 e. The van der Waals surface area contributed by atoms with Crippen molar-refractivity contribution in [3.05, 3.63) is 59.2 Å². The van der Waals surface area contributed by atoms with Gasteiger partial charge in [0.25, 0.3) is 0 Å². The Morgan fingerprint density at radius 3 is 2.62 bits per heavy atom. The molecule has 2 rings (SSSR count). The van der Waals surface area contributed by atoms with Crippen molar-refractivity contribution in [1.82, 2.24) is 5.06 Å². The maximum absolute atomic E-state index is 12.7. The van der Waals surface area contributed by atoms with Crippen LogP contribution in [0.4, 0.5) is 0 Å². The first-order valence-corrected chi connectivity index (χ1v) is 8.70. The van der Waals surface area contributed by atoms with Gasteiger partial charge in [-0.15, -0.1) is 0 Å². The predicted octanol–water partition coefficient (Wildman–Crippen LogP) is 4.87. The maximum Gasteiger partial charge on any atom is 0.249 e. The van der Waals surface area contributed by atoms with Crippen LogP contribution in [0.25, 0.3) is 0 Å². The monoisotopic (exact) mass is 327 g/mol. The topological polar surface area (TPSA) is 29.5 Å². The summed E-state index contributed by atoms with van der Waals surface area (Å²) < 4.78 is 0. The second-order valence-electron chi connectivity index (χ2n) is 6.76. The van der Waals surface area contributed by atoms with Crippen LogP contribution in [0.5, 0.6) is 0 Å². The molecule has 0 unspecified atom stereocenters. The molecule has 130 valence electrons. The minimum Gasteiger partial charge on any atom is -0.275 e. The summed E-state index contributed by atoms with van der Waals surface area (Å²) in [5.74, 6) is 0.235. The molecule has 0 spiro atoms. The van der Waals surface area contributed by atoms with Gasteiger partial charge in [-0.25, -0.2) is 5.06 Å². The van der Waals surface area contributed by atoms with Crippen molar-refractivity contribution in [2.75, 3.05) is 14.2 Å². The number of carbonyl (C=O) groups excluding carboxylic acids is 1. The van der Waals surface area contributed by atoms with Gasteiger partial charge < -0.3 is 0 Å². The van der Waals surface area contributed by atoms with Gasteiger partial charge in [0.1, 0.15) is 0 Å². The molecule has 1 aromatic rings. The van der Waals surface area contributed by atoms with Gasteiger partial charge in [0, 0.05) is 7.05 Å². The van der Waals surface area contributed by atoms with Crippen molar-refractivity contribution in [2.45, 2.75) is 45.4 Å². The number of benzene rings is 1. The highest BCUT2D eigenvalue weighted by Crippen LogP contribution is 2.39. The second kappa shape index (κ2) is 8.84. The van der Waals surface area contributed by atoms with Crippen LogP contribution in [0.2, 0.25) is 0 Å². The van der Waals surface area contributed by atoms with Gasteiger partial charge in [-0.2, -0.15) is 0 Å². The zero-order valence-corrected chi connectivity index (χ0v) is 15.3. The molecule has 0 saturated heterocycles. The number of allylic oxidation sites excluding steroid dienone is 4. The average Bonchev–Trinajstić information content (AvgIpc) is 2.60. The highest BCUT2D eigenvalue weighted by atomic mass is 16.7. The molecule has 0 aliphatic heterocycles. The zero-order valence-electron chi connectivity index (χ0n) is 15.3. The van der Waals surface area contributed by atoms with E-state index in [1.807, 2.05) is 6.07 Å². The predicted molar refractivity (Wildman–Crippen MR) is 98.4 cm³/mol. The Hall–Kier alpha value is -1.87. The molecule has 0 bridgehead atoms. The molecule has 1 amide bonds. The lowest BCUT2D eigenvalue weighted by Gasteiger charge is -2.33. The molecule has 3 heteroatoms. The fourth-order valence-electron chi connectivity index (χ4n) is 3.36. The van der Waals surface area contributed by atoms with E-state index in [4.69, 9.17) is 4.84 Å². The maximum atomic E-state index is 12.7. The Morgan fingerprint density at radius 2 is 2.00 bits per heavy atom. The lowest BCUT2D eigenvalue weighted by atomic mass is 9.74. The van der Waals surface area contributed by atoms with Gasteiger partial charge in [-0.3, -0.25) is 9.63 Å². The molecule has 1 aromatic carbocycles. The Kier molecular flexibility index (Phi) is 6.80. The Balaban J connectivity index is 2.19. The standard InChI is InChI=1S/C21H29NO2/c1-16(2)9-8-10-17-13-14-19(21(23)22(3)24-4)20(15-17)18-11-6-5-7-12-18/h5-7,9,11-13,19-20H,8,10,14-15H2,1-4H3/t19-,20+/m0/s1. The summed E-state index contributed by atoms with van der Waals surface area (Å²) in [5, 5.41) is 1.36. The number of nitrogens with zero attached hydrogens (tertiary/aromatic N) is 1. The normalized spacial score (nSPS) is 20.2. The first kappa shape index (κ1) is 18.5. The summed E-state index contributed by atoms with van der Waals surface area (Å²) in [6.45, 7) is 4.27. The van der Waals surface area contributed by atoms with Crippen molar-refractivity contribution in [3.8, 4) is 0 Å². The molecule has 0 N–H and O–H groups in total. The SMILES string of the molecule is CON(C)C(=O)[C@H]1CC=C(CCC=C(C)C)C[C@@H]1c1ccccc1. The molecule has 0 aromatic heterocycles. The lowest BCUT2D eigenvalue weighted by molar-refractivity contribution is -0.174. The summed E-state index contributed by atoms with van der Waals surface area (Å²) >= 11 is 0. The average molecular weight is 327 g/mol. The molecule has 0 fully saturated rings. The van der Waals surface area contributed by atoms with E-state index in [2.05, 4.69) is 50.3 Å². The van der Waals surface area contributed by atoms with Crippen LogP contribution in [0.1, 0.15) is 51.0 Å². The zero-order chi connectivity index (χ0) is 17.5. The van der Waals surface area contributed by atoms with E-state index in [-0.39, 0.29) is 17.7 Å². The highest BCUT2D eigenvalue weighted by molar-refractivity contribution is 5.79. The molecule has 3 nitrogen and oxygen atoms in total. The first-order valence-electron chi connectivity index (χ1n) is 8.70. The van der Waals surface area contributed by atoms with Crippen molar-refractivity contribution < 1.29 is 9.63 Å². The van der Waals surface area contributed by atoms with E-state index in [0.29, 0.717) is 0 Å². The molecule has 0 radical (unpaired) electrons. The number of hydrogen-bond donors (Lipinski definition) is 0. The lowest BCUT2D eigenvalue weighted by Crippen LogP contribution is -2.36. The molecule has 24 heavy (non-hydrogen) atoms. The molecule has 1 aliphatic carbocycles. The largest absolute Gasteiger partial charge is 0.275 e.